The molecule has 5 atom stereocenters. The number of carboxylic acids is 1. The lowest BCUT2D eigenvalue weighted by Crippen LogP contribution is -2.23. The zero-order valence-corrected chi connectivity index (χ0v) is 18.3. The first-order valence-electron chi connectivity index (χ1n) is 11.2. The van der Waals surface area contributed by atoms with Crippen molar-refractivity contribution in [2.45, 2.75) is 76.1 Å². The maximum atomic E-state index is 10.6. The summed E-state index contributed by atoms with van der Waals surface area (Å²) in [6.45, 7) is 0. The molecule has 0 bridgehead atoms. The van der Waals surface area contributed by atoms with E-state index in [0.717, 1.165) is 37.0 Å². The van der Waals surface area contributed by atoms with Crippen LogP contribution >= 0.6 is 0 Å². The molecule has 0 saturated heterocycles. The number of ether oxygens (including phenoxy) is 1. The lowest BCUT2D eigenvalue weighted by Gasteiger charge is -2.24. The number of benzene rings is 1. The van der Waals surface area contributed by atoms with Crippen molar-refractivity contribution in [2.24, 2.45) is 11.8 Å². The first-order chi connectivity index (χ1) is 14.9. The Balaban J connectivity index is 1.77. The zero-order chi connectivity index (χ0) is 22.6. The third kappa shape index (κ3) is 8.88. The highest BCUT2D eigenvalue weighted by Crippen LogP contribution is 2.39. The van der Waals surface area contributed by atoms with Gasteiger partial charge in [0, 0.05) is 6.42 Å². The number of aliphatic hydroxyl groups is 3. The van der Waals surface area contributed by atoms with Gasteiger partial charge in [-0.15, -0.1) is 5.73 Å². The topological polar surface area (TPSA) is 107 Å². The molecule has 1 aliphatic rings. The van der Waals surface area contributed by atoms with E-state index < -0.39 is 24.3 Å². The first kappa shape index (κ1) is 25.2. The summed E-state index contributed by atoms with van der Waals surface area (Å²) < 4.78 is 5.13. The Bertz CT molecular complexity index is 722. The number of aliphatic hydroxyl groups excluding tert-OH is 3. The van der Waals surface area contributed by atoms with Crippen LogP contribution in [-0.4, -0.2) is 51.8 Å². The van der Waals surface area contributed by atoms with Gasteiger partial charge in [-0.1, -0.05) is 31.4 Å². The number of rotatable bonds is 13. The average molecular weight is 433 g/mol. The predicted molar refractivity (Wildman–Crippen MR) is 120 cm³/mol. The smallest absolute Gasteiger partial charge is 0.303 e. The number of unbranched alkanes of at least 4 members (excludes halogenated alkanes) is 3. The highest BCUT2D eigenvalue weighted by Gasteiger charge is 2.40. The van der Waals surface area contributed by atoms with E-state index in [1.165, 1.54) is 0 Å². The van der Waals surface area contributed by atoms with Crippen LogP contribution in [0.5, 0.6) is 5.75 Å². The fourth-order valence-corrected chi connectivity index (χ4v) is 4.39. The summed E-state index contributed by atoms with van der Waals surface area (Å²) in [5, 5.41) is 39.7. The van der Waals surface area contributed by atoms with Crippen molar-refractivity contribution in [1.29, 1.82) is 0 Å². The van der Waals surface area contributed by atoms with Crippen LogP contribution in [0.2, 0.25) is 0 Å². The molecule has 0 aliphatic heterocycles. The molecule has 1 saturated carbocycles. The van der Waals surface area contributed by atoms with Gasteiger partial charge in [0.25, 0.3) is 0 Å². The normalized spacial score (nSPS) is 23.7. The van der Waals surface area contributed by atoms with E-state index in [4.69, 9.17) is 9.84 Å². The molecule has 1 aromatic rings. The Labute approximate surface area is 184 Å². The minimum atomic E-state index is -0.763. The second-order valence-corrected chi connectivity index (χ2v) is 8.44. The molecule has 6 nitrogen and oxygen atoms in total. The summed E-state index contributed by atoms with van der Waals surface area (Å²) in [5.74, 6) is 0.0253. The maximum absolute atomic E-state index is 10.6. The highest BCUT2D eigenvalue weighted by atomic mass is 16.5. The summed E-state index contributed by atoms with van der Waals surface area (Å²) in [7, 11) is 1.62. The van der Waals surface area contributed by atoms with E-state index >= 15 is 0 Å². The predicted octanol–water partition coefficient (Wildman–Crippen LogP) is 3.79. The van der Waals surface area contributed by atoms with Gasteiger partial charge in [-0.3, -0.25) is 4.79 Å². The summed E-state index contributed by atoms with van der Waals surface area (Å²) in [4.78, 5) is 10.6. The molecule has 2 rings (SSSR count). The Morgan fingerprint density at radius 2 is 1.74 bits per heavy atom. The maximum Gasteiger partial charge on any atom is 0.303 e. The number of methoxy groups -OCH3 is 1. The Kier molecular flexibility index (Phi) is 10.8. The second kappa shape index (κ2) is 13.3. The lowest BCUT2D eigenvalue weighted by atomic mass is 9.85. The van der Waals surface area contributed by atoms with Crippen LogP contribution in [0.25, 0.3) is 6.08 Å². The fraction of sp³-hybridized carbons (Fsp3) is 0.600. The molecule has 1 unspecified atom stereocenters. The van der Waals surface area contributed by atoms with E-state index in [1.807, 2.05) is 24.3 Å². The average Bonchev–Trinajstić information content (AvgIpc) is 3.01. The Hall–Kier alpha value is -2.11. The van der Waals surface area contributed by atoms with Crippen molar-refractivity contribution in [1.82, 2.24) is 0 Å². The van der Waals surface area contributed by atoms with Gasteiger partial charge in [0.05, 0.1) is 25.4 Å². The molecule has 0 aromatic heterocycles. The Morgan fingerprint density at radius 3 is 2.39 bits per heavy atom. The third-order valence-corrected chi connectivity index (χ3v) is 6.15. The van der Waals surface area contributed by atoms with Gasteiger partial charge >= 0.3 is 5.97 Å². The van der Waals surface area contributed by atoms with Gasteiger partial charge in [-0.05, 0) is 73.8 Å². The van der Waals surface area contributed by atoms with Gasteiger partial charge in [0.1, 0.15) is 5.75 Å². The van der Waals surface area contributed by atoms with Crippen LogP contribution in [-0.2, 0) is 4.79 Å². The van der Waals surface area contributed by atoms with Crippen molar-refractivity contribution in [3.63, 3.8) is 0 Å². The molecule has 172 valence electrons. The molecule has 0 heterocycles. The fourth-order valence-electron chi connectivity index (χ4n) is 4.39. The van der Waals surface area contributed by atoms with Crippen LogP contribution in [0.15, 0.2) is 36.1 Å². The molecule has 1 fully saturated rings. The number of carboxylic acid groups (broad SMARTS) is 1. The van der Waals surface area contributed by atoms with E-state index in [0.29, 0.717) is 25.7 Å². The van der Waals surface area contributed by atoms with E-state index in [2.05, 4.69) is 5.73 Å². The molecular weight excluding hydrogens is 396 g/mol. The highest BCUT2D eigenvalue weighted by molar-refractivity contribution is 5.66. The third-order valence-electron chi connectivity index (χ3n) is 6.15. The van der Waals surface area contributed by atoms with E-state index in [1.54, 1.807) is 19.3 Å². The van der Waals surface area contributed by atoms with Gasteiger partial charge in [-0.25, -0.2) is 0 Å². The van der Waals surface area contributed by atoms with Gasteiger partial charge < -0.3 is 25.2 Å². The molecule has 0 spiro atoms. The van der Waals surface area contributed by atoms with Crippen molar-refractivity contribution >= 4 is 12.0 Å². The standard InChI is InChI=1S/C25H36O6/c1-31-20-14-11-18(12-15-20)7-6-8-19(26)13-16-22-21(23(27)17-24(22)28)9-4-2-3-5-10-25(29)30/h7-8,11-12,14-15,19,21-24,26-28H,2-5,9-10,13,16-17H2,1H3,(H,29,30)/t6?,19?,21-,22-,23+,24-/m1/s1. The van der Waals surface area contributed by atoms with Crippen molar-refractivity contribution in [3.8, 4) is 5.75 Å². The molecule has 0 amide bonds. The number of hydrogen-bond acceptors (Lipinski definition) is 5. The van der Waals surface area contributed by atoms with E-state index in [9.17, 15) is 20.1 Å². The summed E-state index contributed by atoms with van der Waals surface area (Å²) in [5.41, 5.74) is 3.97. The minimum absolute atomic E-state index is 0.0253. The van der Waals surface area contributed by atoms with E-state index in [-0.39, 0.29) is 18.3 Å². The van der Waals surface area contributed by atoms with Crippen LogP contribution in [0.3, 0.4) is 0 Å². The monoisotopic (exact) mass is 432 g/mol. The van der Waals surface area contributed by atoms with Crippen molar-refractivity contribution in [3.05, 3.63) is 41.6 Å². The van der Waals surface area contributed by atoms with Crippen LogP contribution in [0.1, 0.15) is 63.4 Å². The van der Waals surface area contributed by atoms with Crippen LogP contribution < -0.4 is 4.74 Å². The Morgan fingerprint density at radius 1 is 1.10 bits per heavy atom. The van der Waals surface area contributed by atoms with Crippen molar-refractivity contribution in [2.75, 3.05) is 7.11 Å². The largest absolute Gasteiger partial charge is 0.497 e. The minimum Gasteiger partial charge on any atom is -0.497 e. The van der Waals surface area contributed by atoms with Gasteiger partial charge in [0.2, 0.25) is 0 Å². The molecule has 6 heteroatoms. The van der Waals surface area contributed by atoms with Crippen LogP contribution in [0, 0.1) is 11.8 Å². The quantitative estimate of drug-likeness (QED) is 0.279. The molecule has 4 N–H and O–H groups in total. The molecule has 0 radical (unpaired) electrons. The SMILES string of the molecule is COc1ccc(C=C=CC(O)CC[C@@H]2[C@@H](CCCCCCC(=O)O)[C@@H](O)C[C@H]2O)cc1. The zero-order valence-electron chi connectivity index (χ0n) is 18.3. The molecule has 1 aliphatic carbocycles. The molecule has 31 heavy (non-hydrogen) atoms. The lowest BCUT2D eigenvalue weighted by molar-refractivity contribution is -0.137. The number of aliphatic carboxylic acids is 1. The number of carbonyl (C=O) groups is 1. The second-order valence-electron chi connectivity index (χ2n) is 8.44. The molecular formula is C25H36O6. The molecule has 1 aromatic carbocycles. The summed E-state index contributed by atoms with van der Waals surface area (Å²) in [6.07, 6.45) is 7.65. The van der Waals surface area contributed by atoms with Gasteiger partial charge in [0.15, 0.2) is 0 Å². The van der Waals surface area contributed by atoms with Crippen LogP contribution in [0.4, 0.5) is 0 Å². The summed E-state index contributed by atoms with van der Waals surface area (Å²) in [6, 6.07) is 7.55. The first-order valence-corrected chi connectivity index (χ1v) is 11.2. The summed E-state index contributed by atoms with van der Waals surface area (Å²) >= 11 is 0. The number of hydrogen-bond donors (Lipinski definition) is 4. The van der Waals surface area contributed by atoms with Gasteiger partial charge in [-0.2, -0.15) is 0 Å². The van der Waals surface area contributed by atoms with Crippen molar-refractivity contribution < 1.29 is 30.0 Å².